The van der Waals surface area contributed by atoms with Gasteiger partial charge in [0, 0.05) is 19.6 Å². The number of fused-ring (bicyclic) bond motifs is 1. The van der Waals surface area contributed by atoms with Gasteiger partial charge in [-0.05, 0) is 37.5 Å². The number of guanidine groups is 1. The number of halogens is 1. The SMILES string of the molecule is CCNC(=NCc1ccccc1)NCCCCN1C(=O)c2ccccc2C1=O.I. The van der Waals surface area contributed by atoms with Gasteiger partial charge in [-0.25, -0.2) is 4.99 Å². The maximum atomic E-state index is 12.3. The largest absolute Gasteiger partial charge is 0.357 e. The van der Waals surface area contributed by atoms with E-state index in [0.717, 1.165) is 37.5 Å². The van der Waals surface area contributed by atoms with Gasteiger partial charge >= 0.3 is 0 Å². The number of amides is 2. The van der Waals surface area contributed by atoms with Gasteiger partial charge in [0.1, 0.15) is 0 Å². The molecule has 1 aliphatic heterocycles. The van der Waals surface area contributed by atoms with Crippen molar-refractivity contribution in [2.24, 2.45) is 4.99 Å². The molecule has 0 aliphatic carbocycles. The van der Waals surface area contributed by atoms with E-state index in [1.165, 1.54) is 4.90 Å². The Kier molecular flexibility index (Phi) is 9.11. The Morgan fingerprint density at radius 1 is 0.897 bits per heavy atom. The van der Waals surface area contributed by atoms with Crippen molar-refractivity contribution < 1.29 is 9.59 Å². The molecule has 0 spiro atoms. The summed E-state index contributed by atoms with van der Waals surface area (Å²) in [7, 11) is 0. The van der Waals surface area contributed by atoms with Crippen LogP contribution in [0.15, 0.2) is 59.6 Å². The van der Waals surface area contributed by atoms with Crippen LogP contribution >= 0.6 is 24.0 Å². The molecule has 0 atom stereocenters. The Morgan fingerprint density at radius 2 is 1.52 bits per heavy atom. The number of hydrogen-bond acceptors (Lipinski definition) is 3. The summed E-state index contributed by atoms with van der Waals surface area (Å²) in [4.78, 5) is 30.6. The van der Waals surface area contributed by atoms with Crippen LogP contribution in [0.5, 0.6) is 0 Å². The zero-order valence-electron chi connectivity index (χ0n) is 16.6. The summed E-state index contributed by atoms with van der Waals surface area (Å²) >= 11 is 0. The van der Waals surface area contributed by atoms with Gasteiger partial charge < -0.3 is 10.6 Å². The second-order valence-electron chi connectivity index (χ2n) is 6.62. The first-order valence-electron chi connectivity index (χ1n) is 9.72. The fourth-order valence-corrected chi connectivity index (χ4v) is 3.14. The highest BCUT2D eigenvalue weighted by Gasteiger charge is 2.34. The zero-order valence-corrected chi connectivity index (χ0v) is 18.9. The molecule has 1 heterocycles. The van der Waals surface area contributed by atoms with Crippen LogP contribution in [-0.4, -0.2) is 42.3 Å². The van der Waals surface area contributed by atoms with Gasteiger partial charge in [0.2, 0.25) is 0 Å². The van der Waals surface area contributed by atoms with E-state index in [0.29, 0.717) is 24.2 Å². The van der Waals surface area contributed by atoms with Crippen molar-refractivity contribution in [3.63, 3.8) is 0 Å². The number of carbonyl (C=O) groups is 2. The topological polar surface area (TPSA) is 73.8 Å². The lowest BCUT2D eigenvalue weighted by atomic mass is 10.1. The van der Waals surface area contributed by atoms with E-state index in [1.807, 2.05) is 25.1 Å². The lowest BCUT2D eigenvalue weighted by Gasteiger charge is -2.14. The first-order chi connectivity index (χ1) is 13.7. The fourth-order valence-electron chi connectivity index (χ4n) is 3.14. The molecule has 6 nitrogen and oxygen atoms in total. The molecule has 2 aromatic rings. The molecule has 1 aliphatic rings. The quantitative estimate of drug-likeness (QED) is 0.189. The van der Waals surface area contributed by atoms with Crippen LogP contribution in [-0.2, 0) is 6.54 Å². The van der Waals surface area contributed by atoms with Crippen molar-refractivity contribution in [2.45, 2.75) is 26.3 Å². The van der Waals surface area contributed by atoms with Crippen molar-refractivity contribution in [3.05, 3.63) is 71.3 Å². The van der Waals surface area contributed by atoms with Crippen LogP contribution in [0.3, 0.4) is 0 Å². The fraction of sp³-hybridized carbons (Fsp3) is 0.318. The number of aliphatic imine (C=N–C) groups is 1. The van der Waals surface area contributed by atoms with Crippen LogP contribution in [0.4, 0.5) is 0 Å². The molecule has 0 bridgehead atoms. The highest BCUT2D eigenvalue weighted by atomic mass is 127. The summed E-state index contributed by atoms with van der Waals surface area (Å²) < 4.78 is 0. The average molecular weight is 506 g/mol. The minimum atomic E-state index is -0.189. The van der Waals surface area contributed by atoms with E-state index < -0.39 is 0 Å². The van der Waals surface area contributed by atoms with Crippen molar-refractivity contribution in [2.75, 3.05) is 19.6 Å². The first-order valence-corrected chi connectivity index (χ1v) is 9.72. The smallest absolute Gasteiger partial charge is 0.261 e. The summed E-state index contributed by atoms with van der Waals surface area (Å²) in [5, 5.41) is 6.54. The summed E-state index contributed by atoms with van der Waals surface area (Å²) in [5.41, 5.74) is 2.17. The van der Waals surface area contributed by atoms with Gasteiger partial charge in [0.15, 0.2) is 5.96 Å². The number of rotatable bonds is 8. The average Bonchev–Trinajstić information content (AvgIpc) is 2.97. The molecule has 0 fully saturated rings. The molecule has 0 radical (unpaired) electrons. The Labute approximate surface area is 188 Å². The summed E-state index contributed by atoms with van der Waals surface area (Å²) in [6.07, 6.45) is 1.58. The molecule has 0 saturated carbocycles. The van der Waals surface area contributed by atoms with Gasteiger partial charge in [-0.3, -0.25) is 14.5 Å². The number of imide groups is 1. The Balaban J connectivity index is 0.00000300. The highest BCUT2D eigenvalue weighted by molar-refractivity contribution is 14.0. The van der Waals surface area contributed by atoms with Gasteiger partial charge in [0.25, 0.3) is 11.8 Å². The normalized spacial score (nSPS) is 13.1. The molecule has 2 N–H and O–H groups in total. The van der Waals surface area contributed by atoms with Crippen molar-refractivity contribution in [3.8, 4) is 0 Å². The molecule has 0 saturated heterocycles. The molecule has 3 rings (SSSR count). The number of unbranched alkanes of at least 4 members (excludes halogenated alkanes) is 1. The highest BCUT2D eigenvalue weighted by Crippen LogP contribution is 2.22. The maximum Gasteiger partial charge on any atom is 0.261 e. The summed E-state index contributed by atoms with van der Waals surface area (Å²) in [6, 6.07) is 17.1. The predicted octanol–water partition coefficient (Wildman–Crippen LogP) is 3.44. The van der Waals surface area contributed by atoms with Crippen LogP contribution in [0.25, 0.3) is 0 Å². The number of carbonyl (C=O) groups excluding carboxylic acids is 2. The van der Waals surface area contributed by atoms with Crippen molar-refractivity contribution in [1.29, 1.82) is 0 Å². The Hall–Kier alpha value is -2.42. The van der Waals surface area contributed by atoms with Crippen LogP contribution in [0, 0.1) is 0 Å². The van der Waals surface area contributed by atoms with Crippen LogP contribution in [0.1, 0.15) is 46.0 Å². The van der Waals surface area contributed by atoms with Gasteiger partial charge in [-0.2, -0.15) is 0 Å². The third kappa shape index (κ3) is 6.03. The van der Waals surface area contributed by atoms with E-state index in [1.54, 1.807) is 24.3 Å². The molecular formula is C22H27IN4O2. The molecule has 0 unspecified atom stereocenters. The first kappa shape index (κ1) is 22.9. The number of nitrogens with zero attached hydrogens (tertiary/aromatic N) is 2. The molecular weight excluding hydrogens is 479 g/mol. The third-order valence-corrected chi connectivity index (χ3v) is 4.59. The van der Waals surface area contributed by atoms with E-state index >= 15 is 0 Å². The van der Waals surface area contributed by atoms with E-state index in [-0.39, 0.29) is 35.8 Å². The zero-order chi connectivity index (χ0) is 19.8. The lowest BCUT2D eigenvalue weighted by Crippen LogP contribution is -2.38. The molecule has 0 aromatic heterocycles. The monoisotopic (exact) mass is 506 g/mol. The minimum absolute atomic E-state index is 0. The van der Waals surface area contributed by atoms with E-state index in [9.17, 15) is 9.59 Å². The summed E-state index contributed by atoms with van der Waals surface area (Å²) in [5.74, 6) is 0.393. The van der Waals surface area contributed by atoms with Crippen LogP contribution < -0.4 is 10.6 Å². The standard InChI is InChI=1S/C22H26N4O2.HI/c1-2-23-22(25-16-17-10-4-3-5-11-17)24-14-8-9-15-26-20(27)18-12-6-7-13-19(18)21(26)28;/h3-7,10-13H,2,8-9,14-16H2,1H3,(H2,23,24,25);1H. The van der Waals surface area contributed by atoms with E-state index in [2.05, 4.69) is 27.8 Å². The number of benzene rings is 2. The van der Waals surface area contributed by atoms with Crippen LogP contribution in [0.2, 0.25) is 0 Å². The molecule has 2 amide bonds. The minimum Gasteiger partial charge on any atom is -0.357 e. The molecule has 2 aromatic carbocycles. The second kappa shape index (κ2) is 11.5. The number of nitrogens with one attached hydrogen (secondary N) is 2. The van der Waals surface area contributed by atoms with Gasteiger partial charge in [-0.1, -0.05) is 42.5 Å². The predicted molar refractivity (Wildman–Crippen MR) is 126 cm³/mol. The molecule has 29 heavy (non-hydrogen) atoms. The third-order valence-electron chi connectivity index (χ3n) is 4.59. The second-order valence-corrected chi connectivity index (χ2v) is 6.62. The van der Waals surface area contributed by atoms with Gasteiger partial charge in [-0.15, -0.1) is 24.0 Å². The lowest BCUT2D eigenvalue weighted by molar-refractivity contribution is 0.0652. The Bertz CT molecular complexity index is 820. The van der Waals surface area contributed by atoms with Gasteiger partial charge in [0.05, 0.1) is 17.7 Å². The Morgan fingerprint density at radius 3 is 2.14 bits per heavy atom. The maximum absolute atomic E-state index is 12.3. The summed E-state index contributed by atoms with van der Waals surface area (Å²) in [6.45, 7) is 4.60. The molecule has 7 heteroatoms. The van der Waals surface area contributed by atoms with Crippen molar-refractivity contribution >= 4 is 41.8 Å². The molecule has 154 valence electrons. The number of hydrogen-bond donors (Lipinski definition) is 2. The van der Waals surface area contributed by atoms with E-state index in [4.69, 9.17) is 0 Å². The van der Waals surface area contributed by atoms with Crippen molar-refractivity contribution in [1.82, 2.24) is 15.5 Å².